The molecule has 0 fully saturated rings. The second-order valence-electron chi connectivity index (χ2n) is 6.14. The van der Waals surface area contributed by atoms with Gasteiger partial charge in [0, 0.05) is 24.0 Å². The van der Waals surface area contributed by atoms with Crippen LogP contribution in [0.25, 0.3) is 44.4 Å². The Bertz CT molecular complexity index is 1230. The molecule has 5 aromatic rings. The van der Waals surface area contributed by atoms with Gasteiger partial charge in [0.2, 0.25) is 0 Å². The highest BCUT2D eigenvalue weighted by molar-refractivity contribution is 6.09. The molecule has 0 bridgehead atoms. The number of hydrogen-bond donors (Lipinski definition) is 0. The number of rotatable bonds is 1. The minimum atomic E-state index is 0.879. The SMILES string of the molecule is Cc1ccc2c(c1)oc1c(-c3nc4ccncc4n3C)cccc12. The van der Waals surface area contributed by atoms with Crippen molar-refractivity contribution in [2.75, 3.05) is 0 Å². The van der Waals surface area contributed by atoms with Gasteiger partial charge in [0.1, 0.15) is 17.0 Å². The van der Waals surface area contributed by atoms with Crippen molar-refractivity contribution < 1.29 is 4.42 Å². The lowest BCUT2D eigenvalue weighted by molar-refractivity contribution is 0.669. The van der Waals surface area contributed by atoms with Crippen LogP contribution in [0.1, 0.15) is 5.56 Å². The maximum atomic E-state index is 6.20. The van der Waals surface area contributed by atoms with Crippen LogP contribution in [0.5, 0.6) is 0 Å². The smallest absolute Gasteiger partial charge is 0.146 e. The summed E-state index contributed by atoms with van der Waals surface area (Å²) < 4.78 is 8.27. The lowest BCUT2D eigenvalue weighted by Gasteiger charge is -2.03. The molecule has 0 radical (unpaired) electrons. The van der Waals surface area contributed by atoms with Gasteiger partial charge in [-0.25, -0.2) is 4.98 Å². The zero-order chi connectivity index (χ0) is 16.3. The summed E-state index contributed by atoms with van der Waals surface area (Å²) in [5.74, 6) is 0.888. The van der Waals surface area contributed by atoms with Crippen LogP contribution in [0.2, 0.25) is 0 Å². The Morgan fingerprint density at radius 1 is 1.04 bits per heavy atom. The second-order valence-corrected chi connectivity index (χ2v) is 6.14. The van der Waals surface area contributed by atoms with E-state index in [2.05, 4.69) is 52.9 Å². The third-order valence-electron chi connectivity index (χ3n) is 4.58. The molecule has 3 heterocycles. The van der Waals surface area contributed by atoms with Crippen molar-refractivity contribution in [2.24, 2.45) is 7.05 Å². The first-order chi connectivity index (χ1) is 11.7. The Morgan fingerprint density at radius 2 is 1.96 bits per heavy atom. The van der Waals surface area contributed by atoms with Crippen LogP contribution in [0.15, 0.2) is 59.3 Å². The molecule has 5 rings (SSSR count). The Balaban J connectivity index is 1.88. The van der Waals surface area contributed by atoms with Crippen LogP contribution in [0.3, 0.4) is 0 Å². The lowest BCUT2D eigenvalue weighted by Crippen LogP contribution is -1.92. The van der Waals surface area contributed by atoms with Crippen molar-refractivity contribution in [1.29, 1.82) is 0 Å². The molecule has 0 amide bonds. The summed E-state index contributed by atoms with van der Waals surface area (Å²) in [5.41, 5.74) is 5.93. The first-order valence-corrected chi connectivity index (χ1v) is 7.91. The molecule has 24 heavy (non-hydrogen) atoms. The molecule has 4 heteroatoms. The molecule has 0 saturated heterocycles. The Morgan fingerprint density at radius 3 is 2.83 bits per heavy atom. The molecule has 3 aromatic heterocycles. The van der Waals surface area contributed by atoms with E-state index in [-0.39, 0.29) is 0 Å². The first-order valence-electron chi connectivity index (χ1n) is 7.91. The summed E-state index contributed by atoms with van der Waals surface area (Å²) in [6.45, 7) is 2.08. The first kappa shape index (κ1) is 13.3. The molecular formula is C20H15N3O. The molecule has 2 aromatic carbocycles. The number of para-hydroxylation sites is 1. The van der Waals surface area contributed by atoms with Gasteiger partial charge >= 0.3 is 0 Å². The zero-order valence-electron chi connectivity index (χ0n) is 13.4. The van der Waals surface area contributed by atoms with E-state index in [1.54, 1.807) is 6.20 Å². The van der Waals surface area contributed by atoms with Gasteiger partial charge in [0.05, 0.1) is 22.8 Å². The minimum Gasteiger partial charge on any atom is -0.455 e. The molecule has 116 valence electrons. The largest absolute Gasteiger partial charge is 0.455 e. The fourth-order valence-corrected chi connectivity index (χ4v) is 3.36. The third kappa shape index (κ3) is 1.74. The highest BCUT2D eigenvalue weighted by Gasteiger charge is 2.16. The molecule has 0 aliphatic rings. The van der Waals surface area contributed by atoms with Crippen LogP contribution < -0.4 is 0 Å². The van der Waals surface area contributed by atoms with Crippen LogP contribution >= 0.6 is 0 Å². The second kappa shape index (κ2) is 4.68. The molecule has 0 atom stereocenters. The number of pyridine rings is 1. The Kier molecular flexibility index (Phi) is 2.59. The van der Waals surface area contributed by atoms with E-state index in [4.69, 9.17) is 9.40 Å². The normalized spacial score (nSPS) is 11.8. The summed E-state index contributed by atoms with van der Waals surface area (Å²) in [5, 5.41) is 2.26. The summed E-state index contributed by atoms with van der Waals surface area (Å²) in [4.78, 5) is 8.99. The molecule has 0 aliphatic heterocycles. The molecule has 0 spiro atoms. The highest BCUT2D eigenvalue weighted by Crippen LogP contribution is 2.36. The molecule has 0 unspecified atom stereocenters. The van der Waals surface area contributed by atoms with Gasteiger partial charge in [-0.3, -0.25) is 4.98 Å². The van der Waals surface area contributed by atoms with E-state index >= 15 is 0 Å². The minimum absolute atomic E-state index is 0.879. The van der Waals surface area contributed by atoms with Gasteiger partial charge in [0.15, 0.2) is 0 Å². The van der Waals surface area contributed by atoms with Crippen molar-refractivity contribution in [3.8, 4) is 11.4 Å². The van der Waals surface area contributed by atoms with E-state index in [1.807, 2.05) is 19.3 Å². The number of fused-ring (bicyclic) bond motifs is 4. The number of imidazole rings is 1. The van der Waals surface area contributed by atoms with E-state index < -0.39 is 0 Å². The lowest BCUT2D eigenvalue weighted by atomic mass is 10.1. The van der Waals surface area contributed by atoms with Crippen LogP contribution in [0.4, 0.5) is 0 Å². The number of aryl methyl sites for hydroxylation is 2. The van der Waals surface area contributed by atoms with Gasteiger partial charge in [-0.1, -0.05) is 24.3 Å². The van der Waals surface area contributed by atoms with Gasteiger partial charge in [-0.2, -0.15) is 0 Å². The summed E-state index contributed by atoms with van der Waals surface area (Å²) in [6, 6.07) is 14.5. The zero-order valence-corrected chi connectivity index (χ0v) is 13.4. The van der Waals surface area contributed by atoms with Crippen molar-refractivity contribution in [3.63, 3.8) is 0 Å². The number of aromatic nitrogens is 3. The third-order valence-corrected chi connectivity index (χ3v) is 4.58. The van der Waals surface area contributed by atoms with E-state index in [0.717, 1.165) is 44.4 Å². The van der Waals surface area contributed by atoms with Crippen molar-refractivity contribution in [2.45, 2.75) is 6.92 Å². The predicted octanol–water partition coefficient (Wildman–Crippen LogP) is 4.84. The summed E-state index contributed by atoms with van der Waals surface area (Å²) in [7, 11) is 2.01. The van der Waals surface area contributed by atoms with Gasteiger partial charge < -0.3 is 8.98 Å². The quantitative estimate of drug-likeness (QED) is 0.444. The molecule has 0 aliphatic carbocycles. The maximum Gasteiger partial charge on any atom is 0.146 e. The Hall–Kier alpha value is -3.14. The van der Waals surface area contributed by atoms with Crippen LogP contribution in [0, 0.1) is 6.92 Å². The van der Waals surface area contributed by atoms with E-state index in [1.165, 1.54) is 5.56 Å². The average molecular weight is 313 g/mol. The Labute approximate surface area is 138 Å². The maximum absolute atomic E-state index is 6.20. The van der Waals surface area contributed by atoms with Gasteiger partial charge in [0.25, 0.3) is 0 Å². The van der Waals surface area contributed by atoms with Crippen molar-refractivity contribution >= 4 is 33.0 Å². The predicted molar refractivity (Wildman–Crippen MR) is 96.0 cm³/mol. The topological polar surface area (TPSA) is 43.9 Å². The molecule has 0 saturated carbocycles. The van der Waals surface area contributed by atoms with Crippen LogP contribution in [-0.2, 0) is 7.05 Å². The summed E-state index contributed by atoms with van der Waals surface area (Å²) >= 11 is 0. The summed E-state index contributed by atoms with van der Waals surface area (Å²) in [6.07, 6.45) is 3.61. The van der Waals surface area contributed by atoms with Crippen LogP contribution in [-0.4, -0.2) is 14.5 Å². The van der Waals surface area contributed by atoms with E-state index in [9.17, 15) is 0 Å². The van der Waals surface area contributed by atoms with Crippen molar-refractivity contribution in [3.05, 3.63) is 60.4 Å². The number of furan rings is 1. The fourth-order valence-electron chi connectivity index (χ4n) is 3.36. The average Bonchev–Trinajstić information content (AvgIpc) is 3.12. The number of hydrogen-bond acceptors (Lipinski definition) is 3. The van der Waals surface area contributed by atoms with E-state index in [0.29, 0.717) is 0 Å². The molecule has 4 nitrogen and oxygen atoms in total. The molecule has 0 N–H and O–H groups in total. The standard InChI is InChI=1S/C20H15N3O/c1-12-6-7-13-14-4-3-5-15(19(14)24-18(13)10-12)20-22-16-8-9-21-11-17(16)23(20)2/h3-11H,1-2H3. The van der Waals surface area contributed by atoms with Crippen molar-refractivity contribution in [1.82, 2.24) is 14.5 Å². The monoisotopic (exact) mass is 313 g/mol. The number of nitrogens with zero attached hydrogens (tertiary/aromatic N) is 3. The fraction of sp³-hybridized carbons (Fsp3) is 0.100. The number of benzene rings is 2. The van der Waals surface area contributed by atoms with Gasteiger partial charge in [-0.05, 0) is 30.7 Å². The molecular weight excluding hydrogens is 298 g/mol. The van der Waals surface area contributed by atoms with Gasteiger partial charge in [-0.15, -0.1) is 0 Å². The highest BCUT2D eigenvalue weighted by atomic mass is 16.3.